The van der Waals surface area contributed by atoms with Crippen LogP contribution < -0.4 is 16.4 Å². The summed E-state index contributed by atoms with van der Waals surface area (Å²) < 4.78 is 17.5. The first-order valence-electron chi connectivity index (χ1n) is 12.1. The number of nitrogens with two attached hydrogens (primary N) is 2. The van der Waals surface area contributed by atoms with E-state index in [0.29, 0.717) is 54.0 Å². The van der Waals surface area contributed by atoms with E-state index >= 15 is 0 Å². The van der Waals surface area contributed by atoms with Gasteiger partial charge in [-0.3, -0.25) is 4.79 Å². The number of benzene rings is 1. The molecule has 194 valence electrons. The van der Waals surface area contributed by atoms with Gasteiger partial charge in [0.25, 0.3) is 0 Å². The van der Waals surface area contributed by atoms with Gasteiger partial charge in [-0.1, -0.05) is 0 Å². The molecule has 1 fully saturated rings. The molecule has 0 aliphatic carbocycles. The van der Waals surface area contributed by atoms with E-state index in [2.05, 4.69) is 20.0 Å². The number of anilines is 2. The van der Waals surface area contributed by atoms with E-state index < -0.39 is 5.82 Å². The molecule has 5 aromatic rings. The molecule has 0 radical (unpaired) electrons. The van der Waals surface area contributed by atoms with Gasteiger partial charge in [-0.2, -0.15) is 10.2 Å². The minimum Gasteiger partial charge on any atom is -0.508 e. The summed E-state index contributed by atoms with van der Waals surface area (Å²) in [6.45, 7) is 3.43. The highest BCUT2D eigenvalue weighted by atomic mass is 19.1. The lowest BCUT2D eigenvalue weighted by Crippen LogP contribution is -2.39. The van der Waals surface area contributed by atoms with Crippen molar-refractivity contribution in [3.8, 4) is 17.0 Å². The molecule has 5 heterocycles. The highest BCUT2D eigenvalue weighted by Gasteiger charge is 2.27. The third kappa shape index (κ3) is 4.01. The number of nitrogens with zero attached hydrogens (tertiary/aromatic N) is 8. The van der Waals surface area contributed by atoms with Crippen molar-refractivity contribution in [1.82, 2.24) is 34.3 Å². The first-order valence-corrected chi connectivity index (χ1v) is 12.1. The largest absolute Gasteiger partial charge is 0.508 e. The lowest BCUT2D eigenvalue weighted by Gasteiger charge is -2.32. The van der Waals surface area contributed by atoms with E-state index in [1.807, 2.05) is 19.2 Å². The molecule has 1 aliphatic rings. The summed E-state index contributed by atoms with van der Waals surface area (Å²) in [6, 6.07) is 5.65. The first-order chi connectivity index (χ1) is 18.3. The smallest absolute Gasteiger partial charge is 0.220 e. The van der Waals surface area contributed by atoms with Gasteiger partial charge in [0.15, 0.2) is 17.3 Å². The van der Waals surface area contributed by atoms with E-state index in [0.717, 1.165) is 23.0 Å². The molecule has 1 aliphatic heterocycles. The van der Waals surface area contributed by atoms with E-state index in [9.17, 15) is 14.3 Å². The number of fused-ring (bicyclic) bond motifs is 2. The second-order valence-electron chi connectivity index (χ2n) is 9.47. The number of phenols is 1. The summed E-state index contributed by atoms with van der Waals surface area (Å²) in [5.74, 6) is 0.148. The Morgan fingerprint density at radius 2 is 1.97 bits per heavy atom. The van der Waals surface area contributed by atoms with Crippen molar-refractivity contribution in [2.75, 3.05) is 23.7 Å². The van der Waals surface area contributed by atoms with Crippen molar-refractivity contribution in [2.45, 2.75) is 26.3 Å². The highest BCUT2D eigenvalue weighted by molar-refractivity contribution is 5.98. The highest BCUT2D eigenvalue weighted by Crippen LogP contribution is 2.33. The van der Waals surface area contributed by atoms with Crippen molar-refractivity contribution < 1.29 is 14.3 Å². The molecule has 1 saturated heterocycles. The van der Waals surface area contributed by atoms with Crippen LogP contribution in [0.3, 0.4) is 0 Å². The van der Waals surface area contributed by atoms with Crippen LogP contribution in [0.15, 0.2) is 36.8 Å². The summed E-state index contributed by atoms with van der Waals surface area (Å²) in [5, 5.41) is 19.7. The van der Waals surface area contributed by atoms with Crippen LogP contribution in [0.5, 0.6) is 5.75 Å². The Labute approximate surface area is 215 Å². The van der Waals surface area contributed by atoms with Crippen LogP contribution in [0.1, 0.15) is 24.2 Å². The maximum Gasteiger partial charge on any atom is 0.220 e. The number of rotatable bonds is 5. The quantitative estimate of drug-likeness (QED) is 0.317. The van der Waals surface area contributed by atoms with Gasteiger partial charge < -0.3 is 21.5 Å². The molecule has 4 aromatic heterocycles. The topological polar surface area (TPSA) is 166 Å². The average molecular weight is 517 g/mol. The van der Waals surface area contributed by atoms with Crippen molar-refractivity contribution in [3.05, 3.63) is 54.0 Å². The summed E-state index contributed by atoms with van der Waals surface area (Å²) in [6.07, 6.45) is 4.52. The molecule has 0 unspecified atom stereocenters. The third-order valence-corrected chi connectivity index (χ3v) is 6.94. The Bertz CT molecular complexity index is 1680. The zero-order valence-corrected chi connectivity index (χ0v) is 20.5. The van der Waals surface area contributed by atoms with Gasteiger partial charge in [0.05, 0.1) is 5.39 Å². The Kier molecular flexibility index (Phi) is 5.55. The van der Waals surface area contributed by atoms with Crippen LogP contribution in [0.2, 0.25) is 0 Å². The van der Waals surface area contributed by atoms with Crippen LogP contribution in [-0.4, -0.2) is 58.4 Å². The van der Waals surface area contributed by atoms with Gasteiger partial charge in [-0.05, 0) is 43.5 Å². The number of halogens is 1. The normalized spacial score (nSPS) is 14.5. The van der Waals surface area contributed by atoms with Crippen molar-refractivity contribution in [3.63, 3.8) is 0 Å². The summed E-state index contributed by atoms with van der Waals surface area (Å²) in [7, 11) is 0. The molecule has 0 atom stereocenters. The van der Waals surface area contributed by atoms with Gasteiger partial charge in [0.1, 0.15) is 41.5 Å². The Balaban J connectivity index is 1.43. The lowest BCUT2D eigenvalue weighted by atomic mass is 9.96. The van der Waals surface area contributed by atoms with Crippen LogP contribution in [-0.2, 0) is 11.3 Å². The van der Waals surface area contributed by atoms with Gasteiger partial charge in [-0.15, -0.1) is 0 Å². The van der Waals surface area contributed by atoms with Crippen LogP contribution in [0.25, 0.3) is 27.8 Å². The SMILES string of the molecule is Cc1ccn2nc(Cn3nc(-c4cc(O)cc(F)c4)c4c(N)ncnc43)nc(N3CCC(C(N)=O)CC3)c12. The molecule has 38 heavy (non-hydrogen) atoms. The number of phenolic OH excluding ortho intramolecular Hbond substituents is 1. The van der Waals surface area contributed by atoms with E-state index in [1.54, 1.807) is 9.20 Å². The van der Waals surface area contributed by atoms with E-state index in [4.69, 9.17) is 21.5 Å². The molecular weight excluding hydrogens is 491 g/mol. The molecule has 1 aromatic carbocycles. The zero-order valence-electron chi connectivity index (χ0n) is 20.5. The number of aromatic nitrogens is 7. The summed E-state index contributed by atoms with van der Waals surface area (Å²) in [5.41, 5.74) is 14.7. The lowest BCUT2D eigenvalue weighted by molar-refractivity contribution is -0.122. The Morgan fingerprint density at radius 3 is 2.71 bits per heavy atom. The van der Waals surface area contributed by atoms with Crippen LogP contribution in [0, 0.1) is 18.7 Å². The van der Waals surface area contributed by atoms with Crippen LogP contribution in [0.4, 0.5) is 16.0 Å². The Hall–Kier alpha value is -4.81. The second-order valence-corrected chi connectivity index (χ2v) is 9.47. The van der Waals surface area contributed by atoms with Gasteiger partial charge in [0.2, 0.25) is 5.91 Å². The summed E-state index contributed by atoms with van der Waals surface area (Å²) >= 11 is 0. The minimum atomic E-state index is -0.611. The molecule has 12 nitrogen and oxygen atoms in total. The number of hydrogen-bond donors (Lipinski definition) is 3. The molecular formula is C25H25FN10O2. The average Bonchev–Trinajstić information content (AvgIpc) is 3.44. The number of primary amides is 1. The van der Waals surface area contributed by atoms with Gasteiger partial charge in [0, 0.05) is 36.8 Å². The zero-order chi connectivity index (χ0) is 26.6. The van der Waals surface area contributed by atoms with Crippen molar-refractivity contribution in [1.29, 1.82) is 0 Å². The summed E-state index contributed by atoms with van der Waals surface area (Å²) in [4.78, 5) is 27.2. The third-order valence-electron chi connectivity index (χ3n) is 6.94. The molecule has 0 bridgehead atoms. The second kappa shape index (κ2) is 8.94. The fourth-order valence-electron chi connectivity index (χ4n) is 5.05. The predicted molar refractivity (Wildman–Crippen MR) is 138 cm³/mol. The number of hydrogen-bond acceptors (Lipinski definition) is 9. The monoisotopic (exact) mass is 516 g/mol. The van der Waals surface area contributed by atoms with Gasteiger partial charge >= 0.3 is 0 Å². The molecule has 1 amide bonds. The fourth-order valence-corrected chi connectivity index (χ4v) is 5.05. The minimum absolute atomic E-state index is 0.141. The standard InChI is InChI=1S/C25H25FN10O2/c1-13-2-7-35-21(13)25(34-5-3-14(4-6-34)23(28)38)31-18(32-35)11-36-24-19(22(27)29-12-30-24)20(33-36)15-8-16(26)10-17(37)9-15/h2,7-10,12,14,37H,3-6,11H2,1H3,(H2,28,38)(H2,27,29,30). The van der Waals surface area contributed by atoms with Gasteiger partial charge in [-0.25, -0.2) is 28.5 Å². The molecule has 13 heteroatoms. The van der Waals surface area contributed by atoms with E-state index in [-0.39, 0.29) is 29.9 Å². The first kappa shape index (κ1) is 23.6. The van der Waals surface area contributed by atoms with Crippen molar-refractivity contribution >= 4 is 34.1 Å². The predicted octanol–water partition coefficient (Wildman–Crippen LogP) is 2.02. The molecule has 6 rings (SSSR count). The maximum absolute atomic E-state index is 14.1. The Morgan fingerprint density at radius 1 is 1.18 bits per heavy atom. The van der Waals surface area contributed by atoms with Crippen molar-refractivity contribution in [2.24, 2.45) is 11.7 Å². The number of carbonyl (C=O) groups excluding carboxylic acids is 1. The van der Waals surface area contributed by atoms with E-state index in [1.165, 1.54) is 18.5 Å². The van der Waals surface area contributed by atoms with Crippen LogP contribution >= 0.6 is 0 Å². The number of nitrogen functional groups attached to an aromatic ring is 1. The fraction of sp³-hybridized carbons (Fsp3) is 0.280. The number of aryl methyl sites for hydroxylation is 1. The molecule has 0 saturated carbocycles. The number of aromatic hydroxyl groups is 1. The number of amides is 1. The molecule has 5 N–H and O–H groups in total. The molecule has 0 spiro atoms. The number of piperidine rings is 1. The maximum atomic E-state index is 14.1. The number of carbonyl (C=O) groups is 1.